The van der Waals surface area contributed by atoms with Gasteiger partial charge in [0.2, 0.25) is 0 Å². The molecule has 1 saturated heterocycles. The van der Waals surface area contributed by atoms with E-state index < -0.39 is 0 Å². The van der Waals surface area contributed by atoms with Crippen LogP contribution in [0.5, 0.6) is 0 Å². The molecule has 2 nitrogen and oxygen atoms in total. The second-order valence-corrected chi connectivity index (χ2v) is 5.88. The van der Waals surface area contributed by atoms with Crippen molar-refractivity contribution in [3.8, 4) is 0 Å². The molecule has 0 aromatic carbocycles. The van der Waals surface area contributed by atoms with E-state index >= 15 is 0 Å². The molecular weight excluding hydrogens is 196 g/mol. The van der Waals surface area contributed by atoms with Crippen LogP contribution in [0.4, 0.5) is 0 Å². The van der Waals surface area contributed by atoms with E-state index in [-0.39, 0.29) is 0 Å². The van der Waals surface area contributed by atoms with E-state index in [9.17, 15) is 0 Å². The molecule has 0 spiro atoms. The minimum atomic E-state index is 0.871. The molecule has 1 saturated carbocycles. The Hall–Kier alpha value is -0.0800. The van der Waals surface area contributed by atoms with Gasteiger partial charge >= 0.3 is 0 Å². The molecule has 94 valence electrons. The summed E-state index contributed by atoms with van der Waals surface area (Å²) in [6.45, 7) is 5.02. The zero-order valence-electron chi connectivity index (χ0n) is 10.7. The largest absolute Gasteiger partial charge is 0.335 e. The van der Waals surface area contributed by atoms with Gasteiger partial charge in [-0.25, -0.2) is 0 Å². The molecule has 2 rings (SSSR count). The van der Waals surface area contributed by atoms with Crippen LogP contribution in [0.1, 0.15) is 51.4 Å². The molecule has 0 amide bonds. The van der Waals surface area contributed by atoms with Crippen LogP contribution in [0.2, 0.25) is 0 Å². The van der Waals surface area contributed by atoms with Crippen LogP contribution in [0.3, 0.4) is 0 Å². The molecule has 2 aliphatic rings. The second kappa shape index (κ2) is 6.61. The zero-order chi connectivity index (χ0) is 11.2. The van der Waals surface area contributed by atoms with Gasteiger partial charge in [-0.15, -0.1) is 0 Å². The predicted octanol–water partition coefficient (Wildman–Crippen LogP) is 1.21. The Labute approximate surface area is 101 Å². The van der Waals surface area contributed by atoms with Crippen LogP contribution in [-0.2, 0) is 0 Å². The lowest BCUT2D eigenvalue weighted by Gasteiger charge is -2.35. The van der Waals surface area contributed by atoms with Crippen LogP contribution in [0, 0.1) is 11.8 Å². The molecule has 0 aromatic heterocycles. The number of likely N-dealkylation sites (tertiary alicyclic amines) is 1. The topological polar surface area (TPSA) is 30.5 Å². The molecule has 16 heavy (non-hydrogen) atoms. The summed E-state index contributed by atoms with van der Waals surface area (Å²) in [6, 6.07) is 0. The summed E-state index contributed by atoms with van der Waals surface area (Å²) in [5, 5.41) is 0. The van der Waals surface area contributed by atoms with Crippen LogP contribution >= 0.6 is 0 Å². The molecule has 1 aliphatic carbocycles. The number of hydrogen-bond donors (Lipinski definition) is 2. The Balaban J connectivity index is 1.67. The molecule has 2 fully saturated rings. The summed E-state index contributed by atoms with van der Waals surface area (Å²) < 4.78 is 0. The lowest BCUT2D eigenvalue weighted by atomic mass is 9.76. The molecule has 1 aliphatic heterocycles. The monoisotopic (exact) mass is 225 g/mol. The van der Waals surface area contributed by atoms with Crippen LogP contribution in [0.15, 0.2) is 0 Å². The highest BCUT2D eigenvalue weighted by Gasteiger charge is 2.28. The van der Waals surface area contributed by atoms with Crippen molar-refractivity contribution < 1.29 is 4.90 Å². The third-order valence-corrected chi connectivity index (χ3v) is 4.79. The molecule has 0 bridgehead atoms. The van der Waals surface area contributed by atoms with Crippen molar-refractivity contribution >= 4 is 0 Å². The van der Waals surface area contributed by atoms with Crippen molar-refractivity contribution in [1.29, 1.82) is 0 Å². The fourth-order valence-corrected chi connectivity index (χ4v) is 3.73. The van der Waals surface area contributed by atoms with Gasteiger partial charge in [-0.05, 0) is 31.2 Å². The summed E-state index contributed by atoms with van der Waals surface area (Å²) in [7, 11) is 0. The van der Waals surface area contributed by atoms with E-state index in [1.807, 2.05) is 4.90 Å². The van der Waals surface area contributed by atoms with Crippen molar-refractivity contribution in [2.24, 2.45) is 17.6 Å². The van der Waals surface area contributed by atoms with Gasteiger partial charge in [0.05, 0.1) is 19.6 Å². The third-order valence-electron chi connectivity index (χ3n) is 4.79. The van der Waals surface area contributed by atoms with E-state index in [0.29, 0.717) is 0 Å². The van der Waals surface area contributed by atoms with Gasteiger partial charge in [-0.2, -0.15) is 0 Å². The second-order valence-electron chi connectivity index (χ2n) is 5.88. The van der Waals surface area contributed by atoms with Crippen molar-refractivity contribution in [3.05, 3.63) is 0 Å². The fraction of sp³-hybridized carbons (Fsp3) is 1.00. The summed E-state index contributed by atoms with van der Waals surface area (Å²) >= 11 is 0. The minimum absolute atomic E-state index is 0.871. The maximum Gasteiger partial charge on any atom is 0.0783 e. The number of nitrogens with two attached hydrogens (primary N) is 1. The lowest BCUT2D eigenvalue weighted by molar-refractivity contribution is -0.906. The first kappa shape index (κ1) is 12.4. The van der Waals surface area contributed by atoms with E-state index in [1.165, 1.54) is 71.0 Å². The zero-order valence-corrected chi connectivity index (χ0v) is 10.7. The maximum absolute atomic E-state index is 5.58. The maximum atomic E-state index is 5.58. The number of nitrogens with one attached hydrogen (secondary N) is 1. The highest BCUT2D eigenvalue weighted by Crippen LogP contribution is 2.33. The Morgan fingerprint density at radius 1 is 0.875 bits per heavy atom. The number of rotatable bonds is 4. The molecule has 0 aromatic rings. The number of piperidine rings is 1. The molecule has 0 radical (unpaired) electrons. The first-order valence-electron chi connectivity index (χ1n) is 7.44. The normalized spacial score (nSPS) is 32.8. The summed E-state index contributed by atoms with van der Waals surface area (Å²) in [5.41, 5.74) is 5.58. The molecule has 1 heterocycles. The van der Waals surface area contributed by atoms with Crippen LogP contribution < -0.4 is 10.6 Å². The van der Waals surface area contributed by atoms with Crippen molar-refractivity contribution in [3.63, 3.8) is 0 Å². The van der Waals surface area contributed by atoms with Crippen molar-refractivity contribution in [2.45, 2.75) is 51.4 Å². The smallest absolute Gasteiger partial charge is 0.0783 e. The summed E-state index contributed by atoms with van der Waals surface area (Å²) in [6.07, 6.45) is 11.8. The van der Waals surface area contributed by atoms with Gasteiger partial charge in [0.25, 0.3) is 0 Å². The van der Waals surface area contributed by atoms with Crippen LogP contribution in [-0.4, -0.2) is 26.2 Å². The summed E-state index contributed by atoms with van der Waals surface area (Å²) in [4.78, 5) is 1.82. The van der Waals surface area contributed by atoms with Gasteiger partial charge in [0, 0.05) is 6.42 Å². The molecule has 3 N–H and O–H groups in total. The Morgan fingerprint density at radius 2 is 1.50 bits per heavy atom. The van der Waals surface area contributed by atoms with Gasteiger partial charge < -0.3 is 10.6 Å². The quantitative estimate of drug-likeness (QED) is 0.740. The summed E-state index contributed by atoms with van der Waals surface area (Å²) in [5.74, 6) is 2.16. The highest BCUT2D eigenvalue weighted by atomic mass is 15.1. The fourth-order valence-electron chi connectivity index (χ4n) is 3.73. The van der Waals surface area contributed by atoms with Gasteiger partial charge in [0.15, 0.2) is 0 Å². The van der Waals surface area contributed by atoms with Crippen molar-refractivity contribution in [1.82, 2.24) is 0 Å². The third kappa shape index (κ3) is 3.46. The van der Waals surface area contributed by atoms with E-state index in [2.05, 4.69) is 0 Å². The first-order valence-corrected chi connectivity index (χ1v) is 7.44. The van der Waals surface area contributed by atoms with E-state index in [0.717, 1.165) is 18.4 Å². The van der Waals surface area contributed by atoms with Gasteiger partial charge in [0.1, 0.15) is 0 Å². The minimum Gasteiger partial charge on any atom is -0.335 e. The van der Waals surface area contributed by atoms with E-state index in [4.69, 9.17) is 5.73 Å². The SMILES string of the molecule is NCCC[NH+]1CCC(C2CCCCC2)CC1. The molecule has 2 heteroatoms. The highest BCUT2D eigenvalue weighted by molar-refractivity contribution is 4.75. The molecular formula is C14H29N2+. The number of hydrogen-bond acceptors (Lipinski definition) is 1. The van der Waals surface area contributed by atoms with Crippen LogP contribution in [0.25, 0.3) is 0 Å². The lowest BCUT2D eigenvalue weighted by Crippen LogP contribution is -3.13. The van der Waals surface area contributed by atoms with E-state index in [1.54, 1.807) is 0 Å². The average Bonchev–Trinajstić information content (AvgIpc) is 2.38. The van der Waals surface area contributed by atoms with Crippen molar-refractivity contribution in [2.75, 3.05) is 26.2 Å². The Bertz CT molecular complexity index is 179. The Kier molecular flexibility index (Phi) is 5.11. The van der Waals surface area contributed by atoms with Gasteiger partial charge in [-0.3, -0.25) is 0 Å². The average molecular weight is 225 g/mol. The van der Waals surface area contributed by atoms with Gasteiger partial charge in [-0.1, -0.05) is 32.1 Å². The number of quaternary nitrogens is 1. The Morgan fingerprint density at radius 3 is 2.12 bits per heavy atom. The molecule has 0 atom stereocenters. The first-order chi connectivity index (χ1) is 7.90. The standard InChI is InChI=1S/C14H28N2/c15-9-4-10-16-11-7-14(8-12-16)13-5-2-1-3-6-13/h13-14H,1-12,15H2/p+1. The predicted molar refractivity (Wildman–Crippen MR) is 68.5 cm³/mol. The molecule has 0 unspecified atom stereocenters.